The van der Waals surface area contributed by atoms with E-state index in [1.165, 1.54) is 6.07 Å². The number of hydrogen-bond acceptors (Lipinski definition) is 5. The molecule has 0 aliphatic carbocycles. The molecule has 2 aromatic rings. The summed E-state index contributed by atoms with van der Waals surface area (Å²) in [5, 5.41) is 18.9. The fourth-order valence-electron chi connectivity index (χ4n) is 2.49. The van der Waals surface area contributed by atoms with Gasteiger partial charge >= 0.3 is 11.9 Å². The van der Waals surface area contributed by atoms with Gasteiger partial charge in [0, 0.05) is 30.6 Å². The number of carboxylic acids is 2. The lowest BCUT2D eigenvalue weighted by atomic mass is 10.1. The number of benzene rings is 2. The fourth-order valence-corrected chi connectivity index (χ4v) is 3.90. The van der Waals surface area contributed by atoms with Crippen LogP contribution < -0.4 is 9.62 Å². The molecule has 0 unspecified atom stereocenters. The maximum Gasteiger partial charge on any atom is 0.322 e. The van der Waals surface area contributed by atoms with Crippen molar-refractivity contribution < 1.29 is 28.2 Å². The van der Waals surface area contributed by atoms with E-state index in [0.29, 0.717) is 10.8 Å². The molecule has 0 aromatic heterocycles. The number of nitrogens with one attached hydrogen (secondary N) is 1. The van der Waals surface area contributed by atoms with Crippen molar-refractivity contribution in [2.45, 2.75) is 17.4 Å². The van der Waals surface area contributed by atoms with Gasteiger partial charge in [-0.25, -0.2) is 8.42 Å². The highest BCUT2D eigenvalue weighted by Crippen LogP contribution is 2.30. The first-order valence-electron chi connectivity index (χ1n) is 7.29. The van der Waals surface area contributed by atoms with E-state index < -0.39 is 34.4 Å². The van der Waals surface area contributed by atoms with Gasteiger partial charge in [-0.15, -0.1) is 0 Å². The van der Waals surface area contributed by atoms with Crippen LogP contribution in [-0.4, -0.2) is 50.7 Å². The first-order chi connectivity index (χ1) is 11.6. The summed E-state index contributed by atoms with van der Waals surface area (Å²) >= 11 is 0. The number of carbonyl (C=O) groups is 2. The second-order valence-corrected chi connectivity index (χ2v) is 7.32. The molecule has 0 saturated heterocycles. The summed E-state index contributed by atoms with van der Waals surface area (Å²) in [4.78, 5) is 23.6. The van der Waals surface area contributed by atoms with E-state index in [1.54, 1.807) is 24.3 Å². The van der Waals surface area contributed by atoms with Gasteiger partial charge in [-0.05, 0) is 12.1 Å². The van der Waals surface area contributed by atoms with E-state index >= 15 is 0 Å². The van der Waals surface area contributed by atoms with E-state index in [4.69, 9.17) is 10.2 Å². The minimum Gasteiger partial charge on any atom is -0.481 e. The van der Waals surface area contributed by atoms with Crippen molar-refractivity contribution in [2.24, 2.45) is 0 Å². The zero-order valence-corrected chi connectivity index (χ0v) is 14.4. The average Bonchev–Trinajstić information content (AvgIpc) is 2.52. The van der Waals surface area contributed by atoms with E-state index in [9.17, 15) is 18.0 Å². The molecule has 0 aliphatic rings. The average molecular weight is 366 g/mol. The van der Waals surface area contributed by atoms with Gasteiger partial charge in [0.15, 0.2) is 0 Å². The molecule has 0 aliphatic heterocycles. The molecule has 8 nitrogen and oxygen atoms in total. The van der Waals surface area contributed by atoms with Gasteiger partial charge in [0.25, 0.3) is 0 Å². The SMILES string of the molecule is CN(C)c1cccc2c(S(=O)(=O)N[C@@H](CC(=O)O)C(=O)O)cccc12. The molecule has 0 saturated carbocycles. The number of carboxylic acid groups (broad SMARTS) is 2. The van der Waals surface area contributed by atoms with Crippen molar-refractivity contribution in [3.63, 3.8) is 0 Å². The topological polar surface area (TPSA) is 124 Å². The molecule has 134 valence electrons. The molecule has 0 bridgehead atoms. The van der Waals surface area contributed by atoms with Gasteiger partial charge in [0.05, 0.1) is 11.3 Å². The van der Waals surface area contributed by atoms with Crippen molar-refractivity contribution in [3.05, 3.63) is 36.4 Å². The molecule has 25 heavy (non-hydrogen) atoms. The Morgan fingerprint density at radius 2 is 1.68 bits per heavy atom. The molecular formula is C16H18N2O6S. The maximum atomic E-state index is 12.6. The number of nitrogens with zero attached hydrogens (tertiary/aromatic N) is 1. The van der Waals surface area contributed by atoms with Crippen LogP contribution in [0.15, 0.2) is 41.3 Å². The standard InChI is InChI=1S/C16H18N2O6S/c1-18(2)13-7-3-6-11-10(13)5-4-8-14(11)25(23,24)17-12(16(21)22)9-15(19)20/h3-8,12,17H,9H2,1-2H3,(H,19,20)(H,21,22)/t12-/m0/s1. The number of rotatable bonds is 7. The van der Waals surface area contributed by atoms with Crippen LogP contribution in [0.2, 0.25) is 0 Å². The molecule has 2 aromatic carbocycles. The summed E-state index contributed by atoms with van der Waals surface area (Å²) in [5.41, 5.74) is 0.801. The number of aliphatic carboxylic acids is 2. The Morgan fingerprint density at radius 1 is 1.08 bits per heavy atom. The summed E-state index contributed by atoms with van der Waals surface area (Å²) in [7, 11) is -0.590. The fraction of sp³-hybridized carbons (Fsp3) is 0.250. The lowest BCUT2D eigenvalue weighted by molar-refractivity contribution is -0.145. The molecule has 9 heteroatoms. The lowest BCUT2D eigenvalue weighted by Gasteiger charge is -2.18. The maximum absolute atomic E-state index is 12.6. The van der Waals surface area contributed by atoms with Crippen molar-refractivity contribution in [2.75, 3.05) is 19.0 Å². The molecule has 0 radical (unpaired) electrons. The van der Waals surface area contributed by atoms with Crippen molar-refractivity contribution in [1.82, 2.24) is 4.72 Å². The summed E-state index contributed by atoms with van der Waals surface area (Å²) in [6, 6.07) is 8.05. The number of sulfonamides is 1. The first-order valence-corrected chi connectivity index (χ1v) is 8.78. The van der Waals surface area contributed by atoms with Crippen LogP contribution in [0, 0.1) is 0 Å². The highest BCUT2D eigenvalue weighted by molar-refractivity contribution is 7.89. The van der Waals surface area contributed by atoms with Gasteiger partial charge in [0.1, 0.15) is 6.04 Å². The monoisotopic (exact) mass is 366 g/mol. The Bertz CT molecular complexity index is 923. The Morgan fingerprint density at radius 3 is 2.24 bits per heavy atom. The highest BCUT2D eigenvalue weighted by Gasteiger charge is 2.28. The summed E-state index contributed by atoms with van der Waals surface area (Å²) in [6.45, 7) is 0. The lowest BCUT2D eigenvalue weighted by Crippen LogP contribution is -2.42. The smallest absolute Gasteiger partial charge is 0.322 e. The molecule has 3 N–H and O–H groups in total. The summed E-state index contributed by atoms with van der Waals surface area (Å²) in [6.07, 6.45) is -0.859. The summed E-state index contributed by atoms with van der Waals surface area (Å²) in [5.74, 6) is -2.97. The van der Waals surface area contributed by atoms with Crippen LogP contribution in [-0.2, 0) is 19.6 Å². The van der Waals surface area contributed by atoms with Crippen LogP contribution in [0.5, 0.6) is 0 Å². The first kappa shape index (κ1) is 18.7. The van der Waals surface area contributed by atoms with E-state index in [1.807, 2.05) is 29.8 Å². The van der Waals surface area contributed by atoms with Crippen molar-refractivity contribution in [1.29, 1.82) is 0 Å². The van der Waals surface area contributed by atoms with Crippen LogP contribution >= 0.6 is 0 Å². The minimum atomic E-state index is -4.23. The largest absolute Gasteiger partial charge is 0.481 e. The number of hydrogen-bond donors (Lipinski definition) is 3. The Balaban J connectivity index is 2.54. The predicted molar refractivity (Wildman–Crippen MR) is 92.3 cm³/mol. The zero-order chi connectivity index (χ0) is 18.8. The second kappa shape index (κ2) is 7.08. The van der Waals surface area contributed by atoms with Crippen LogP contribution in [0.4, 0.5) is 5.69 Å². The molecule has 0 heterocycles. The third-order valence-corrected chi connectivity index (χ3v) is 5.13. The zero-order valence-electron chi connectivity index (χ0n) is 13.6. The van der Waals surface area contributed by atoms with Crippen molar-refractivity contribution in [3.8, 4) is 0 Å². The normalized spacial score (nSPS) is 12.7. The molecule has 2 rings (SSSR count). The van der Waals surface area contributed by atoms with Gasteiger partial charge in [-0.2, -0.15) is 4.72 Å². The number of anilines is 1. The van der Waals surface area contributed by atoms with Crippen LogP contribution in [0.3, 0.4) is 0 Å². The summed E-state index contributed by atoms with van der Waals surface area (Å²) < 4.78 is 27.2. The Hall–Kier alpha value is -2.65. The molecular weight excluding hydrogens is 348 g/mol. The Kier molecular flexibility index (Phi) is 5.29. The number of fused-ring (bicyclic) bond motifs is 1. The van der Waals surface area contributed by atoms with Gasteiger partial charge in [-0.3, -0.25) is 9.59 Å². The molecule has 0 amide bonds. The van der Waals surface area contributed by atoms with Gasteiger partial charge in [-0.1, -0.05) is 24.3 Å². The van der Waals surface area contributed by atoms with Gasteiger partial charge in [0.2, 0.25) is 10.0 Å². The van der Waals surface area contributed by atoms with Crippen LogP contribution in [0.25, 0.3) is 10.8 Å². The van der Waals surface area contributed by atoms with Crippen molar-refractivity contribution >= 4 is 38.4 Å². The highest BCUT2D eigenvalue weighted by atomic mass is 32.2. The van der Waals surface area contributed by atoms with E-state index in [-0.39, 0.29) is 4.90 Å². The second-order valence-electron chi connectivity index (χ2n) is 5.63. The third kappa shape index (κ3) is 4.06. The molecule has 0 spiro atoms. The molecule has 1 atom stereocenters. The third-order valence-electron chi connectivity index (χ3n) is 3.60. The predicted octanol–water partition coefficient (Wildman–Crippen LogP) is 1.11. The Labute approximate surface area is 144 Å². The van der Waals surface area contributed by atoms with Crippen LogP contribution in [0.1, 0.15) is 6.42 Å². The van der Waals surface area contributed by atoms with E-state index in [2.05, 4.69) is 0 Å². The molecule has 0 fully saturated rings. The van der Waals surface area contributed by atoms with Gasteiger partial charge < -0.3 is 15.1 Å². The quantitative estimate of drug-likeness (QED) is 0.670. The minimum absolute atomic E-state index is 0.106. The van der Waals surface area contributed by atoms with E-state index in [0.717, 1.165) is 5.69 Å².